The van der Waals surface area contributed by atoms with Crippen LogP contribution in [-0.4, -0.2) is 30.3 Å². The molecule has 0 radical (unpaired) electrons. The van der Waals surface area contributed by atoms with E-state index < -0.39 is 0 Å². The van der Waals surface area contributed by atoms with Crippen LogP contribution in [0, 0.1) is 13.8 Å². The minimum Gasteiger partial charge on any atom is -0.384 e. The summed E-state index contributed by atoms with van der Waals surface area (Å²) < 4.78 is 4.79. The molecule has 5 heteroatoms. The number of rotatable bonds is 6. The number of hydrogen-bond donors (Lipinski definition) is 0. The van der Waals surface area contributed by atoms with Gasteiger partial charge in [-0.3, -0.25) is 9.59 Å². The van der Waals surface area contributed by atoms with E-state index in [2.05, 4.69) is 4.98 Å². The van der Waals surface area contributed by atoms with Gasteiger partial charge in [-0.1, -0.05) is 0 Å². The number of methoxy groups -OCH3 is 1. The number of carbonyl (C=O) groups is 2. The van der Waals surface area contributed by atoms with Crippen LogP contribution >= 0.6 is 11.3 Å². The Labute approximate surface area is 98.6 Å². The summed E-state index contributed by atoms with van der Waals surface area (Å²) in [6.45, 7) is 4.00. The van der Waals surface area contributed by atoms with Gasteiger partial charge in [-0.25, -0.2) is 4.98 Å². The molecule has 1 heterocycles. The quantitative estimate of drug-likeness (QED) is 0.564. The molecular formula is C11H15NO3S. The highest BCUT2D eigenvalue weighted by Crippen LogP contribution is 2.19. The average Bonchev–Trinajstić information content (AvgIpc) is 2.54. The Morgan fingerprint density at radius 2 is 2.06 bits per heavy atom. The number of thiazole rings is 1. The molecule has 0 saturated carbocycles. The zero-order valence-corrected chi connectivity index (χ0v) is 10.5. The van der Waals surface area contributed by atoms with Crippen LogP contribution in [0.15, 0.2) is 0 Å². The van der Waals surface area contributed by atoms with Crippen LogP contribution in [-0.2, 0) is 9.53 Å². The molecular weight excluding hydrogens is 226 g/mol. The highest BCUT2D eigenvalue weighted by molar-refractivity contribution is 7.13. The van der Waals surface area contributed by atoms with Gasteiger partial charge in [0.05, 0.1) is 28.6 Å². The molecule has 0 atom stereocenters. The molecule has 0 aliphatic carbocycles. The lowest BCUT2D eigenvalue weighted by Gasteiger charge is -1.99. The van der Waals surface area contributed by atoms with Gasteiger partial charge in [-0.2, -0.15) is 0 Å². The van der Waals surface area contributed by atoms with E-state index in [1.54, 1.807) is 6.92 Å². The minimum absolute atomic E-state index is 0.0498. The maximum Gasteiger partial charge on any atom is 0.182 e. The molecule has 0 aliphatic heterocycles. The highest BCUT2D eigenvalue weighted by atomic mass is 32.1. The molecule has 0 unspecified atom stereocenters. The Morgan fingerprint density at radius 3 is 2.56 bits per heavy atom. The third kappa shape index (κ3) is 3.50. The van der Waals surface area contributed by atoms with E-state index in [9.17, 15) is 9.59 Å². The molecule has 16 heavy (non-hydrogen) atoms. The number of ketones is 2. The second kappa shape index (κ2) is 5.86. The van der Waals surface area contributed by atoms with Crippen molar-refractivity contribution in [2.24, 2.45) is 0 Å². The van der Waals surface area contributed by atoms with E-state index in [0.717, 1.165) is 5.01 Å². The second-order valence-electron chi connectivity index (χ2n) is 3.53. The van der Waals surface area contributed by atoms with Gasteiger partial charge in [0, 0.05) is 13.5 Å². The Balaban J connectivity index is 2.59. The van der Waals surface area contributed by atoms with Crippen LogP contribution in [0.25, 0.3) is 0 Å². The largest absolute Gasteiger partial charge is 0.384 e. The Morgan fingerprint density at radius 1 is 1.38 bits per heavy atom. The van der Waals surface area contributed by atoms with Crippen molar-refractivity contribution in [2.75, 3.05) is 13.7 Å². The van der Waals surface area contributed by atoms with Crippen LogP contribution in [0.3, 0.4) is 0 Å². The summed E-state index contributed by atoms with van der Waals surface area (Å²) in [5, 5.41) is 0.852. The minimum atomic E-state index is -0.135. The fraction of sp³-hybridized carbons (Fsp3) is 0.545. The fourth-order valence-corrected chi connectivity index (χ4v) is 2.21. The Hall–Kier alpha value is -1.07. The van der Waals surface area contributed by atoms with Crippen molar-refractivity contribution < 1.29 is 14.3 Å². The molecule has 0 saturated heterocycles. The molecule has 88 valence electrons. The lowest BCUT2D eigenvalue weighted by atomic mass is 10.1. The Bertz CT molecular complexity index is 398. The van der Waals surface area contributed by atoms with Crippen molar-refractivity contribution in [3.05, 3.63) is 15.6 Å². The van der Waals surface area contributed by atoms with E-state index in [1.807, 2.05) is 6.92 Å². The zero-order valence-electron chi connectivity index (χ0n) is 9.70. The monoisotopic (exact) mass is 241 g/mol. The first-order valence-corrected chi connectivity index (χ1v) is 5.84. The van der Waals surface area contributed by atoms with Crippen LogP contribution in [0.2, 0.25) is 0 Å². The van der Waals surface area contributed by atoms with Crippen molar-refractivity contribution in [2.45, 2.75) is 26.7 Å². The highest BCUT2D eigenvalue weighted by Gasteiger charge is 2.16. The van der Waals surface area contributed by atoms with Gasteiger partial charge in [0.15, 0.2) is 5.78 Å². The summed E-state index contributed by atoms with van der Waals surface area (Å²) in [5.41, 5.74) is 0.715. The number of nitrogens with zero attached hydrogens (tertiary/aromatic N) is 1. The average molecular weight is 241 g/mol. The van der Waals surface area contributed by atoms with Crippen molar-refractivity contribution in [1.29, 1.82) is 0 Å². The molecule has 0 amide bonds. The number of carbonyl (C=O) groups excluding carboxylic acids is 2. The summed E-state index contributed by atoms with van der Waals surface area (Å²) in [7, 11) is 1.53. The normalized spacial score (nSPS) is 10.4. The number of aromatic nitrogens is 1. The number of hydrogen-bond acceptors (Lipinski definition) is 5. The first-order valence-electron chi connectivity index (χ1n) is 5.02. The molecule has 0 aliphatic rings. The van der Waals surface area contributed by atoms with Crippen molar-refractivity contribution in [3.8, 4) is 0 Å². The third-order valence-electron chi connectivity index (χ3n) is 2.10. The summed E-state index contributed by atoms with van der Waals surface area (Å²) in [6, 6.07) is 0. The molecule has 1 rings (SSSR count). The molecule has 0 aromatic carbocycles. The number of ether oxygens (including phenoxy) is 1. The Kier molecular flexibility index (Phi) is 4.76. The fourth-order valence-electron chi connectivity index (χ4n) is 1.35. The van der Waals surface area contributed by atoms with Crippen molar-refractivity contribution in [3.63, 3.8) is 0 Å². The van der Waals surface area contributed by atoms with E-state index >= 15 is 0 Å². The molecule has 0 spiro atoms. The first-order chi connectivity index (χ1) is 7.54. The third-order valence-corrected chi connectivity index (χ3v) is 3.21. The topological polar surface area (TPSA) is 56.3 Å². The van der Waals surface area contributed by atoms with Crippen molar-refractivity contribution >= 4 is 22.9 Å². The predicted octanol–water partition coefficient (Wildman–Crippen LogP) is 1.94. The van der Waals surface area contributed by atoms with Crippen molar-refractivity contribution in [1.82, 2.24) is 4.98 Å². The molecule has 1 aromatic rings. The van der Waals surface area contributed by atoms with Crippen LogP contribution in [0.5, 0.6) is 0 Å². The summed E-state index contributed by atoms with van der Waals surface area (Å²) in [4.78, 5) is 27.9. The lowest BCUT2D eigenvalue weighted by molar-refractivity contribution is -0.119. The molecule has 4 nitrogen and oxygen atoms in total. The molecule has 1 aromatic heterocycles. The van der Waals surface area contributed by atoms with Gasteiger partial charge in [-0.15, -0.1) is 11.3 Å². The van der Waals surface area contributed by atoms with E-state index in [1.165, 1.54) is 18.4 Å². The first kappa shape index (κ1) is 13.0. The summed E-state index contributed by atoms with van der Waals surface area (Å²) >= 11 is 1.34. The van der Waals surface area contributed by atoms with Gasteiger partial charge in [0.25, 0.3) is 0 Å². The second-order valence-corrected chi connectivity index (χ2v) is 4.73. The van der Waals surface area contributed by atoms with Gasteiger partial charge in [-0.05, 0) is 13.8 Å². The van der Waals surface area contributed by atoms with E-state index in [-0.39, 0.29) is 18.0 Å². The van der Waals surface area contributed by atoms with Crippen LogP contribution in [0.4, 0.5) is 0 Å². The lowest BCUT2D eigenvalue weighted by Crippen LogP contribution is -2.10. The maximum absolute atomic E-state index is 11.8. The summed E-state index contributed by atoms with van der Waals surface area (Å²) in [6.07, 6.45) is 0.241. The smallest absolute Gasteiger partial charge is 0.182 e. The van der Waals surface area contributed by atoms with Gasteiger partial charge in [0.2, 0.25) is 0 Å². The number of Topliss-reactive ketones (excluding diaryl/α,β-unsaturated/α-hetero) is 2. The number of aryl methyl sites for hydroxylation is 2. The van der Waals surface area contributed by atoms with Crippen LogP contribution < -0.4 is 0 Å². The maximum atomic E-state index is 11.8. The zero-order chi connectivity index (χ0) is 12.1. The van der Waals surface area contributed by atoms with E-state index in [0.29, 0.717) is 23.6 Å². The standard InChI is InChI=1S/C11H15NO3S/c1-7-11(16-8(2)12-7)10(14)6-9(13)4-5-15-3/h4-6H2,1-3H3. The molecule has 0 fully saturated rings. The summed E-state index contributed by atoms with van der Waals surface area (Å²) in [5.74, 6) is -0.221. The van der Waals surface area contributed by atoms with Crippen LogP contribution in [0.1, 0.15) is 33.2 Å². The van der Waals surface area contributed by atoms with E-state index in [4.69, 9.17) is 4.74 Å². The van der Waals surface area contributed by atoms with Gasteiger partial charge < -0.3 is 4.74 Å². The van der Waals surface area contributed by atoms with Gasteiger partial charge >= 0.3 is 0 Å². The predicted molar refractivity (Wildman–Crippen MR) is 62.0 cm³/mol. The molecule has 0 bridgehead atoms. The molecule has 0 N–H and O–H groups in total. The SMILES string of the molecule is COCCC(=O)CC(=O)c1sc(C)nc1C. The van der Waals surface area contributed by atoms with Gasteiger partial charge in [0.1, 0.15) is 5.78 Å².